The zero-order valence-corrected chi connectivity index (χ0v) is 15.8. The van der Waals surface area contributed by atoms with Crippen LogP contribution < -0.4 is 16.0 Å². The van der Waals surface area contributed by atoms with Crippen LogP contribution in [0.1, 0.15) is 45.2 Å². The number of amidine groups is 1. The van der Waals surface area contributed by atoms with Gasteiger partial charge in [0.1, 0.15) is 11.7 Å². The normalized spacial score (nSPS) is 11.6. The molecule has 0 saturated heterocycles. The molecule has 1 heterocycles. The molecule has 0 spiro atoms. The molecule has 1 aromatic rings. The first-order chi connectivity index (χ1) is 12.0. The maximum atomic E-state index is 6.17. The zero-order valence-electron chi connectivity index (χ0n) is 15.8. The maximum Gasteiger partial charge on any atom is 0.157 e. The predicted molar refractivity (Wildman–Crippen MR) is 110 cm³/mol. The van der Waals surface area contributed by atoms with Crippen LogP contribution in [0.2, 0.25) is 0 Å². The lowest BCUT2D eigenvalue weighted by atomic mass is 10.2. The van der Waals surface area contributed by atoms with Crippen LogP contribution >= 0.6 is 0 Å². The van der Waals surface area contributed by atoms with Gasteiger partial charge in [0, 0.05) is 18.4 Å². The molecule has 0 amide bonds. The van der Waals surface area contributed by atoms with Crippen molar-refractivity contribution >= 4 is 17.3 Å². The van der Waals surface area contributed by atoms with E-state index in [-0.39, 0.29) is 0 Å². The summed E-state index contributed by atoms with van der Waals surface area (Å²) in [6.07, 6.45) is 9.90. The molecule has 5 nitrogen and oxygen atoms in total. The number of unbranched alkanes of at least 4 members (excludes halogenated alkanes) is 3. The number of nitrogens with one attached hydrogen (secondary N) is 1. The molecular formula is C20H31N5. The Hall–Kier alpha value is -2.56. The second-order valence-corrected chi connectivity index (χ2v) is 5.85. The Labute approximate surface area is 152 Å². The summed E-state index contributed by atoms with van der Waals surface area (Å²) in [4.78, 5) is 10.9. The average Bonchev–Trinajstić information content (AvgIpc) is 2.58. The fourth-order valence-corrected chi connectivity index (χ4v) is 2.42. The molecule has 5 heteroatoms. The fourth-order valence-electron chi connectivity index (χ4n) is 2.42. The lowest BCUT2D eigenvalue weighted by Gasteiger charge is -2.28. The number of nitrogen functional groups attached to an aromatic ring is 1. The van der Waals surface area contributed by atoms with Crippen LogP contribution in [0.4, 0.5) is 11.5 Å². The Morgan fingerprint density at radius 2 is 2.12 bits per heavy atom. The van der Waals surface area contributed by atoms with E-state index in [1.54, 1.807) is 0 Å². The van der Waals surface area contributed by atoms with Gasteiger partial charge >= 0.3 is 0 Å². The van der Waals surface area contributed by atoms with Gasteiger partial charge < -0.3 is 16.0 Å². The van der Waals surface area contributed by atoms with Gasteiger partial charge in [-0.3, -0.25) is 0 Å². The summed E-state index contributed by atoms with van der Waals surface area (Å²) in [5.41, 5.74) is 7.73. The van der Waals surface area contributed by atoms with E-state index in [4.69, 9.17) is 5.73 Å². The summed E-state index contributed by atoms with van der Waals surface area (Å²) < 4.78 is 0. The van der Waals surface area contributed by atoms with Crippen molar-refractivity contribution in [3.05, 3.63) is 55.2 Å². The van der Waals surface area contributed by atoms with Gasteiger partial charge in [0.05, 0.1) is 5.69 Å². The standard InChI is InChI=1S/C20H31N5/c1-6-9-10-11-15-25(20-18(21)14-13-16(4)23-20)17(5)24-19(12-7-2)22-8-3/h7-8,12-14H,3,5-6,9-11,15,21H2,1-2,4H3,(H,22,24)/b12-7-. The van der Waals surface area contributed by atoms with Crippen molar-refractivity contribution in [2.24, 2.45) is 4.99 Å². The maximum absolute atomic E-state index is 6.17. The first kappa shape index (κ1) is 20.5. The van der Waals surface area contributed by atoms with Gasteiger partial charge in [0.2, 0.25) is 0 Å². The van der Waals surface area contributed by atoms with Crippen LogP contribution in [0, 0.1) is 6.92 Å². The summed E-state index contributed by atoms with van der Waals surface area (Å²) >= 11 is 0. The molecule has 0 unspecified atom stereocenters. The van der Waals surface area contributed by atoms with Crippen molar-refractivity contribution in [1.29, 1.82) is 0 Å². The monoisotopic (exact) mass is 341 g/mol. The summed E-state index contributed by atoms with van der Waals surface area (Å²) in [5, 5.41) is 3.23. The second-order valence-electron chi connectivity index (χ2n) is 5.85. The molecule has 0 atom stereocenters. The van der Waals surface area contributed by atoms with E-state index in [1.165, 1.54) is 19.0 Å². The van der Waals surface area contributed by atoms with E-state index in [0.29, 0.717) is 17.3 Å². The number of allylic oxidation sites excluding steroid dienone is 1. The van der Waals surface area contributed by atoms with E-state index in [0.717, 1.165) is 30.9 Å². The predicted octanol–water partition coefficient (Wildman–Crippen LogP) is 4.54. The van der Waals surface area contributed by atoms with Crippen molar-refractivity contribution in [3.8, 4) is 0 Å². The largest absolute Gasteiger partial charge is 0.396 e. The fraction of sp³-hybridized carbons (Fsp3) is 0.400. The molecule has 3 N–H and O–H groups in total. The third-order valence-electron chi connectivity index (χ3n) is 3.69. The molecule has 0 aliphatic heterocycles. The van der Waals surface area contributed by atoms with E-state index in [1.807, 2.05) is 43.0 Å². The van der Waals surface area contributed by atoms with Crippen LogP contribution in [-0.2, 0) is 0 Å². The lowest BCUT2D eigenvalue weighted by Crippen LogP contribution is -2.35. The van der Waals surface area contributed by atoms with Gasteiger partial charge in [-0.2, -0.15) is 0 Å². The second kappa shape index (κ2) is 11.1. The first-order valence-electron chi connectivity index (χ1n) is 8.81. The minimum atomic E-state index is 0.636. The minimum absolute atomic E-state index is 0.636. The van der Waals surface area contributed by atoms with Crippen molar-refractivity contribution in [3.63, 3.8) is 0 Å². The number of aromatic nitrogens is 1. The van der Waals surface area contributed by atoms with Gasteiger partial charge in [-0.1, -0.05) is 45.4 Å². The molecule has 0 bridgehead atoms. The molecule has 25 heavy (non-hydrogen) atoms. The smallest absolute Gasteiger partial charge is 0.157 e. The number of nitrogens with two attached hydrogens (primary N) is 1. The van der Waals surface area contributed by atoms with Gasteiger partial charge in [-0.05, 0) is 38.5 Å². The summed E-state index contributed by atoms with van der Waals surface area (Å²) in [6, 6.07) is 3.80. The molecule has 0 fully saturated rings. The number of rotatable bonds is 10. The van der Waals surface area contributed by atoms with E-state index < -0.39 is 0 Å². The molecule has 0 aromatic carbocycles. The number of nitrogens with zero attached hydrogens (tertiary/aromatic N) is 3. The van der Waals surface area contributed by atoms with E-state index >= 15 is 0 Å². The van der Waals surface area contributed by atoms with Crippen LogP contribution in [-0.4, -0.2) is 17.4 Å². The number of aryl methyl sites for hydroxylation is 1. The Kier molecular flexibility index (Phi) is 9.07. The zero-order chi connectivity index (χ0) is 18.7. The van der Waals surface area contributed by atoms with Gasteiger partial charge in [-0.25, -0.2) is 9.98 Å². The molecule has 136 valence electrons. The number of aliphatic imine (C=N–C) groups is 1. The van der Waals surface area contributed by atoms with Gasteiger partial charge in [0.25, 0.3) is 0 Å². The van der Waals surface area contributed by atoms with E-state index in [2.05, 4.69) is 35.4 Å². The molecular weight excluding hydrogens is 310 g/mol. The average molecular weight is 342 g/mol. The highest BCUT2D eigenvalue weighted by Crippen LogP contribution is 2.24. The van der Waals surface area contributed by atoms with E-state index in [9.17, 15) is 0 Å². The van der Waals surface area contributed by atoms with Crippen molar-refractivity contribution in [1.82, 2.24) is 10.3 Å². The number of pyridine rings is 1. The van der Waals surface area contributed by atoms with Crippen LogP contribution in [0.3, 0.4) is 0 Å². The highest BCUT2D eigenvalue weighted by Gasteiger charge is 2.15. The molecule has 1 rings (SSSR count). The topological polar surface area (TPSA) is 66.5 Å². The molecule has 0 saturated carbocycles. The molecule has 1 aromatic heterocycles. The van der Waals surface area contributed by atoms with Gasteiger partial charge in [-0.15, -0.1) is 0 Å². The van der Waals surface area contributed by atoms with Crippen molar-refractivity contribution in [2.45, 2.75) is 46.5 Å². The first-order valence-corrected chi connectivity index (χ1v) is 8.81. The number of anilines is 2. The molecule has 0 aliphatic rings. The third-order valence-corrected chi connectivity index (χ3v) is 3.69. The van der Waals surface area contributed by atoms with Crippen molar-refractivity contribution in [2.75, 3.05) is 17.2 Å². The van der Waals surface area contributed by atoms with Crippen LogP contribution in [0.5, 0.6) is 0 Å². The number of hydrogen-bond acceptors (Lipinski definition) is 4. The van der Waals surface area contributed by atoms with Crippen LogP contribution in [0.15, 0.2) is 54.5 Å². The summed E-state index contributed by atoms with van der Waals surface area (Å²) in [5.74, 6) is 2.10. The SMILES string of the molecule is C=CN=C(/C=C\C)NC(=C)N(CCCCCC)c1nc(C)ccc1N. The van der Waals surface area contributed by atoms with Gasteiger partial charge in [0.15, 0.2) is 5.82 Å². The Morgan fingerprint density at radius 3 is 2.76 bits per heavy atom. The Bertz CT molecular complexity index is 631. The third kappa shape index (κ3) is 6.83. The molecule has 0 aliphatic carbocycles. The quantitative estimate of drug-likeness (QED) is 0.372. The highest BCUT2D eigenvalue weighted by atomic mass is 15.3. The summed E-state index contributed by atoms with van der Waals surface area (Å²) in [6.45, 7) is 14.7. The molecule has 0 radical (unpaired) electrons. The van der Waals surface area contributed by atoms with Crippen molar-refractivity contribution < 1.29 is 0 Å². The Balaban J connectivity index is 3.04. The summed E-state index contributed by atoms with van der Waals surface area (Å²) in [7, 11) is 0. The number of hydrogen-bond donors (Lipinski definition) is 2. The minimum Gasteiger partial charge on any atom is -0.396 e. The Morgan fingerprint density at radius 1 is 1.36 bits per heavy atom. The lowest BCUT2D eigenvalue weighted by molar-refractivity contribution is 0.655. The van der Waals surface area contributed by atoms with Crippen LogP contribution in [0.25, 0.3) is 0 Å². The highest BCUT2D eigenvalue weighted by molar-refractivity contribution is 5.94.